The number of imide groups is 1. The summed E-state index contributed by atoms with van der Waals surface area (Å²) in [4.78, 5) is 49.5. The van der Waals surface area contributed by atoms with Crippen molar-refractivity contribution >= 4 is 23.4 Å². The summed E-state index contributed by atoms with van der Waals surface area (Å²) in [6.45, 7) is 1.62. The number of carbonyl (C=O) groups is 3. The molecule has 8 nitrogen and oxygen atoms in total. The van der Waals surface area contributed by atoms with E-state index in [2.05, 4.69) is 5.32 Å². The van der Waals surface area contributed by atoms with Crippen LogP contribution in [0.15, 0.2) is 18.2 Å². The number of fused-ring (bicyclic) bond motifs is 1. The van der Waals surface area contributed by atoms with Crippen molar-refractivity contribution in [2.75, 3.05) is 6.54 Å². The smallest absolute Gasteiger partial charge is 0.282 e. The molecule has 158 valence electrons. The van der Waals surface area contributed by atoms with Crippen molar-refractivity contribution in [2.45, 2.75) is 51.5 Å². The Bertz CT molecular complexity index is 936. The number of amides is 3. The van der Waals surface area contributed by atoms with Crippen LogP contribution in [0.2, 0.25) is 0 Å². The molecule has 0 aromatic heterocycles. The fourth-order valence-corrected chi connectivity index (χ4v) is 6.90. The first-order valence-electron chi connectivity index (χ1n) is 10.7. The van der Waals surface area contributed by atoms with Crippen LogP contribution in [0.3, 0.4) is 0 Å². The summed E-state index contributed by atoms with van der Waals surface area (Å²) < 4.78 is 0. The van der Waals surface area contributed by atoms with Crippen LogP contribution >= 0.6 is 0 Å². The van der Waals surface area contributed by atoms with Gasteiger partial charge in [-0.2, -0.15) is 0 Å². The fourth-order valence-electron chi connectivity index (χ4n) is 6.90. The van der Waals surface area contributed by atoms with E-state index in [0.717, 1.165) is 41.9 Å². The van der Waals surface area contributed by atoms with Crippen molar-refractivity contribution in [3.63, 3.8) is 0 Å². The monoisotopic (exact) mass is 411 g/mol. The van der Waals surface area contributed by atoms with E-state index in [1.54, 1.807) is 0 Å². The van der Waals surface area contributed by atoms with E-state index in [9.17, 15) is 24.5 Å². The van der Waals surface area contributed by atoms with Crippen molar-refractivity contribution in [1.82, 2.24) is 10.2 Å². The molecule has 1 aliphatic heterocycles. The molecule has 1 aromatic rings. The summed E-state index contributed by atoms with van der Waals surface area (Å²) >= 11 is 0. The minimum atomic E-state index is -0.778. The highest BCUT2D eigenvalue weighted by molar-refractivity contribution is 6.24. The third-order valence-electron chi connectivity index (χ3n) is 7.86. The van der Waals surface area contributed by atoms with Gasteiger partial charge >= 0.3 is 0 Å². The first-order chi connectivity index (χ1) is 14.3. The quantitative estimate of drug-likeness (QED) is 0.455. The molecule has 3 amide bonds. The minimum Gasteiger partial charge on any atom is -0.352 e. The molecule has 6 rings (SSSR count). The van der Waals surface area contributed by atoms with Gasteiger partial charge in [0.05, 0.1) is 10.5 Å². The van der Waals surface area contributed by atoms with Crippen molar-refractivity contribution < 1.29 is 19.3 Å². The van der Waals surface area contributed by atoms with Gasteiger partial charge in [-0.25, -0.2) is 0 Å². The predicted octanol–water partition coefficient (Wildman–Crippen LogP) is 2.91. The van der Waals surface area contributed by atoms with E-state index in [-0.39, 0.29) is 22.6 Å². The number of carbonyl (C=O) groups excluding carboxylic acids is 3. The van der Waals surface area contributed by atoms with Crippen molar-refractivity contribution in [3.8, 4) is 0 Å². The number of rotatable bonds is 5. The molecule has 1 aromatic carbocycles. The van der Waals surface area contributed by atoms with E-state index < -0.39 is 34.9 Å². The Balaban J connectivity index is 1.29. The summed E-state index contributed by atoms with van der Waals surface area (Å²) in [5.74, 6) is 0.443. The molecule has 1 atom stereocenters. The SMILES string of the molecule is C[C@@H](NC(=O)CN1C(=O)c2cccc([N+](=O)[O-])c2C1=O)C12CC3CC(CC(C3)C1)C2. The highest BCUT2D eigenvalue weighted by Gasteiger charge is 2.53. The van der Waals surface area contributed by atoms with Crippen LogP contribution in [0, 0.1) is 33.3 Å². The standard InChI is InChI=1S/C22H25N3O5/c1-12(22-8-13-5-14(9-22)7-15(6-13)10-22)23-18(26)11-24-20(27)16-3-2-4-17(25(29)30)19(16)21(24)28/h2-4,12-15H,5-11H2,1H3,(H,23,26)/t12-,13?,14?,15?,22?/m1/s1. The van der Waals surface area contributed by atoms with E-state index in [1.807, 2.05) is 6.92 Å². The lowest BCUT2D eigenvalue weighted by atomic mass is 9.48. The normalized spacial score (nSPS) is 32.3. The van der Waals surface area contributed by atoms with Gasteiger partial charge in [0.2, 0.25) is 5.91 Å². The summed E-state index contributed by atoms with van der Waals surface area (Å²) in [7, 11) is 0. The molecular formula is C22H25N3O5. The molecule has 5 aliphatic rings. The Labute approximate surface area is 174 Å². The van der Waals surface area contributed by atoms with E-state index >= 15 is 0 Å². The maximum Gasteiger partial charge on any atom is 0.282 e. The number of hydrogen-bond donors (Lipinski definition) is 1. The zero-order valence-corrected chi connectivity index (χ0v) is 16.9. The van der Waals surface area contributed by atoms with Gasteiger partial charge in [0.15, 0.2) is 0 Å². The Kier molecular flexibility index (Phi) is 4.24. The van der Waals surface area contributed by atoms with Crippen LogP contribution in [0.5, 0.6) is 0 Å². The molecule has 0 saturated heterocycles. The molecule has 4 saturated carbocycles. The average Bonchev–Trinajstić information content (AvgIpc) is 2.92. The molecule has 0 unspecified atom stereocenters. The van der Waals surface area contributed by atoms with Gasteiger partial charge in [0, 0.05) is 12.1 Å². The number of benzene rings is 1. The summed E-state index contributed by atoms with van der Waals surface area (Å²) in [5, 5.41) is 14.3. The third kappa shape index (κ3) is 2.84. The number of nitro groups is 1. The second kappa shape index (κ2) is 6.62. The topological polar surface area (TPSA) is 110 Å². The molecule has 8 heteroatoms. The van der Waals surface area contributed by atoms with Gasteiger partial charge in [-0.15, -0.1) is 0 Å². The molecule has 4 aliphatic carbocycles. The number of nitrogens with one attached hydrogen (secondary N) is 1. The molecule has 4 bridgehead atoms. The fraction of sp³-hybridized carbons (Fsp3) is 0.591. The Morgan fingerprint density at radius 1 is 1.17 bits per heavy atom. The average molecular weight is 411 g/mol. The molecule has 0 spiro atoms. The lowest BCUT2D eigenvalue weighted by Crippen LogP contribution is -2.56. The lowest BCUT2D eigenvalue weighted by Gasteiger charge is -2.59. The number of nitro benzene ring substituents is 1. The zero-order chi connectivity index (χ0) is 21.2. The van der Waals surface area contributed by atoms with Crippen LogP contribution in [0.1, 0.15) is 66.2 Å². The molecule has 0 radical (unpaired) electrons. The summed E-state index contributed by atoms with van der Waals surface area (Å²) in [6.07, 6.45) is 7.36. The second-order valence-electron chi connectivity index (χ2n) is 9.72. The van der Waals surface area contributed by atoms with Crippen molar-refractivity contribution in [1.29, 1.82) is 0 Å². The predicted molar refractivity (Wildman–Crippen MR) is 107 cm³/mol. The van der Waals surface area contributed by atoms with Crippen molar-refractivity contribution in [3.05, 3.63) is 39.4 Å². The summed E-state index contributed by atoms with van der Waals surface area (Å²) in [5.41, 5.74) is -0.535. The molecular weight excluding hydrogens is 386 g/mol. The molecule has 4 fully saturated rings. The van der Waals surface area contributed by atoms with Gasteiger partial charge in [0.25, 0.3) is 17.5 Å². The van der Waals surface area contributed by atoms with Gasteiger partial charge < -0.3 is 5.32 Å². The number of nitrogens with zero attached hydrogens (tertiary/aromatic N) is 2. The van der Waals surface area contributed by atoms with E-state index in [0.29, 0.717) is 0 Å². The second-order valence-corrected chi connectivity index (χ2v) is 9.72. The Morgan fingerprint density at radius 3 is 2.33 bits per heavy atom. The lowest BCUT2D eigenvalue weighted by molar-refractivity contribution is -0.385. The molecule has 1 N–H and O–H groups in total. The van der Waals surface area contributed by atoms with E-state index in [1.165, 1.54) is 37.5 Å². The first kappa shape index (κ1) is 19.2. The van der Waals surface area contributed by atoms with Crippen molar-refractivity contribution in [2.24, 2.45) is 23.2 Å². The Morgan fingerprint density at radius 2 is 1.77 bits per heavy atom. The maximum atomic E-state index is 12.8. The minimum absolute atomic E-state index is 0.0175. The number of hydrogen-bond acceptors (Lipinski definition) is 5. The van der Waals surface area contributed by atoms with Crippen LogP contribution in [0.4, 0.5) is 5.69 Å². The highest BCUT2D eigenvalue weighted by atomic mass is 16.6. The van der Waals surface area contributed by atoms with Gasteiger partial charge in [-0.3, -0.25) is 29.4 Å². The van der Waals surface area contributed by atoms with Crippen LogP contribution in [0.25, 0.3) is 0 Å². The zero-order valence-electron chi connectivity index (χ0n) is 16.9. The van der Waals surface area contributed by atoms with Gasteiger partial charge in [-0.05, 0) is 74.7 Å². The summed E-state index contributed by atoms with van der Waals surface area (Å²) in [6, 6.07) is 3.94. The van der Waals surface area contributed by atoms with Gasteiger partial charge in [-0.1, -0.05) is 6.07 Å². The maximum absolute atomic E-state index is 12.8. The molecule has 1 heterocycles. The van der Waals surface area contributed by atoms with E-state index in [4.69, 9.17) is 0 Å². The highest BCUT2D eigenvalue weighted by Crippen LogP contribution is 2.61. The van der Waals surface area contributed by atoms with Gasteiger partial charge in [0.1, 0.15) is 12.1 Å². The largest absolute Gasteiger partial charge is 0.352 e. The van der Waals surface area contributed by atoms with Crippen LogP contribution < -0.4 is 5.32 Å². The first-order valence-corrected chi connectivity index (χ1v) is 10.7. The Hall–Kier alpha value is -2.77. The third-order valence-corrected chi connectivity index (χ3v) is 7.86. The van der Waals surface area contributed by atoms with Crippen LogP contribution in [-0.4, -0.2) is 40.1 Å². The molecule has 30 heavy (non-hydrogen) atoms. The van der Waals surface area contributed by atoms with Crippen LogP contribution in [-0.2, 0) is 4.79 Å².